The van der Waals surface area contributed by atoms with Gasteiger partial charge in [-0.2, -0.15) is 0 Å². The molecule has 6 heterocycles. The lowest BCUT2D eigenvalue weighted by molar-refractivity contribution is -0.136. The summed E-state index contributed by atoms with van der Waals surface area (Å²) >= 11 is 0. The minimum Gasteiger partial charge on any atom is -0.453 e. The third-order valence-electron chi connectivity index (χ3n) is 17.3. The number of fused-ring (bicyclic) bond motifs is 2. The van der Waals surface area contributed by atoms with E-state index in [0.29, 0.717) is 97.4 Å². The molecule has 5 aromatic rings. The number of anilines is 2. The summed E-state index contributed by atoms with van der Waals surface area (Å²) in [5.74, 6) is -1.72. The van der Waals surface area contributed by atoms with Crippen LogP contribution >= 0.6 is 0 Å². The molecule has 3 aromatic carbocycles. The molecule has 4 saturated heterocycles. The van der Waals surface area contributed by atoms with Crippen molar-refractivity contribution in [3.05, 3.63) is 82.4 Å². The van der Waals surface area contributed by atoms with E-state index in [4.69, 9.17) is 19.4 Å². The van der Waals surface area contributed by atoms with Crippen LogP contribution in [0.2, 0.25) is 0 Å². The number of carbonyl (C=O) groups excluding carboxylic acids is 4. The number of benzene rings is 3. The van der Waals surface area contributed by atoms with Crippen LogP contribution in [0.25, 0.3) is 22.1 Å². The maximum absolute atomic E-state index is 17.0. The molecule has 0 spiro atoms. The van der Waals surface area contributed by atoms with E-state index in [1.165, 1.54) is 70.6 Å². The number of likely N-dealkylation sites (tertiary alicyclic amines) is 2. The second kappa shape index (κ2) is 22.4. The molecular formula is C57H72F4N10O6. The van der Waals surface area contributed by atoms with E-state index in [9.17, 15) is 19.2 Å². The quantitative estimate of drug-likeness (QED) is 0.0829. The second-order valence-electron chi connectivity index (χ2n) is 22.6. The summed E-state index contributed by atoms with van der Waals surface area (Å²) in [4.78, 5) is 75.6. The third-order valence-corrected chi connectivity index (χ3v) is 17.3. The number of aromatic amines is 2. The van der Waals surface area contributed by atoms with E-state index in [0.717, 1.165) is 12.8 Å². The highest BCUT2D eigenvalue weighted by Gasteiger charge is 2.43. The molecule has 16 nitrogen and oxygen atoms in total. The summed E-state index contributed by atoms with van der Waals surface area (Å²) in [6.07, 6.45) is 9.45. The Morgan fingerprint density at radius 1 is 0.545 bits per heavy atom. The third kappa shape index (κ3) is 10.6. The van der Waals surface area contributed by atoms with Crippen LogP contribution < -0.4 is 20.4 Å². The number of piperidine rings is 1. The normalized spacial score (nSPS) is 22.4. The first kappa shape index (κ1) is 53.8. The van der Waals surface area contributed by atoms with Crippen LogP contribution in [-0.4, -0.2) is 106 Å². The highest BCUT2D eigenvalue weighted by atomic mass is 19.1. The fourth-order valence-corrected chi connectivity index (χ4v) is 13.3. The lowest BCUT2D eigenvalue weighted by atomic mass is 9.76. The van der Waals surface area contributed by atoms with Crippen LogP contribution in [0.3, 0.4) is 0 Å². The number of methoxy groups -OCH3 is 2. The Hall–Kier alpha value is -6.60. The Morgan fingerprint density at radius 3 is 1.42 bits per heavy atom. The van der Waals surface area contributed by atoms with Gasteiger partial charge in [0, 0.05) is 43.0 Å². The van der Waals surface area contributed by atoms with Gasteiger partial charge < -0.3 is 49.7 Å². The number of H-pyrrole nitrogens is 2. The molecule has 4 N–H and O–H groups in total. The predicted molar refractivity (Wildman–Crippen MR) is 283 cm³/mol. The molecule has 0 bridgehead atoms. The number of hydrogen-bond acceptors (Lipinski definition) is 10. The first-order valence-electron chi connectivity index (χ1n) is 27.7. The van der Waals surface area contributed by atoms with E-state index in [1.807, 2.05) is 27.7 Å². The fraction of sp³-hybridized carbons (Fsp3) is 0.579. The summed E-state index contributed by atoms with van der Waals surface area (Å²) in [7, 11) is 2.47. The van der Waals surface area contributed by atoms with Crippen LogP contribution in [-0.2, 0) is 19.1 Å². The van der Waals surface area contributed by atoms with Crippen molar-refractivity contribution in [2.24, 2.45) is 23.7 Å². The number of halogens is 4. The van der Waals surface area contributed by atoms with E-state index in [-0.39, 0.29) is 59.0 Å². The number of ether oxygens (including phenoxy) is 2. The summed E-state index contributed by atoms with van der Waals surface area (Å²) < 4.78 is 77.3. The molecule has 0 radical (unpaired) electrons. The lowest BCUT2D eigenvalue weighted by Crippen LogP contribution is -2.51. The molecule has 5 fully saturated rings. The van der Waals surface area contributed by atoms with Gasteiger partial charge >= 0.3 is 12.2 Å². The van der Waals surface area contributed by atoms with E-state index in [2.05, 4.69) is 20.6 Å². The largest absolute Gasteiger partial charge is 0.453 e. The fourth-order valence-electron chi connectivity index (χ4n) is 13.3. The number of rotatable bonds is 13. The van der Waals surface area contributed by atoms with Crippen molar-refractivity contribution >= 4 is 57.4 Å². The molecule has 10 rings (SSSR count). The average molecular weight is 1070 g/mol. The Labute approximate surface area is 446 Å². The van der Waals surface area contributed by atoms with Gasteiger partial charge in [-0.1, -0.05) is 59.8 Å². The highest BCUT2D eigenvalue weighted by Crippen LogP contribution is 2.50. The van der Waals surface area contributed by atoms with Crippen LogP contribution in [0, 0.1) is 46.9 Å². The van der Waals surface area contributed by atoms with Gasteiger partial charge in [0.25, 0.3) is 0 Å². The first-order valence-corrected chi connectivity index (χ1v) is 27.7. The number of nitrogens with one attached hydrogen (secondary N) is 4. The molecule has 6 atom stereocenters. The van der Waals surface area contributed by atoms with Gasteiger partial charge in [-0.25, -0.2) is 37.1 Å². The summed E-state index contributed by atoms with van der Waals surface area (Å²) in [6.45, 7) is 9.23. The molecule has 1 aliphatic carbocycles. The molecule has 2 aromatic heterocycles. The number of alkyl carbamates (subject to hydrolysis) is 2. The van der Waals surface area contributed by atoms with Crippen LogP contribution in [0.1, 0.15) is 158 Å². The smallest absolute Gasteiger partial charge is 0.407 e. The van der Waals surface area contributed by atoms with Crippen molar-refractivity contribution in [1.29, 1.82) is 0 Å². The second-order valence-corrected chi connectivity index (χ2v) is 22.6. The molecule has 77 heavy (non-hydrogen) atoms. The molecule has 4 amide bonds. The van der Waals surface area contributed by atoms with Crippen LogP contribution in [0.4, 0.5) is 38.5 Å². The van der Waals surface area contributed by atoms with Gasteiger partial charge in [0.05, 0.1) is 60.5 Å². The SMILES string of the molecule is COC(=O)N[C@H](C(=O)N1CCC[C@H]1c1nc2cc([C@H]3CC[C@H](c4cc5nc([C@@H]6CCCN6C(=O)[C@@H](NC(=O)OC)C(C)C)[nH]c5cc4F)N3c3cc(F)c(N4CCC(C5CCCCC5)CC4)c(F)c3)c(F)cc2[nH]1)C(C)C. The number of imidazole rings is 2. The van der Waals surface area contributed by atoms with Gasteiger partial charge in [0.15, 0.2) is 11.6 Å². The Balaban J connectivity index is 0.988. The number of aromatic nitrogens is 4. The maximum atomic E-state index is 17.0. The predicted octanol–water partition coefficient (Wildman–Crippen LogP) is 11.0. The van der Waals surface area contributed by atoms with Gasteiger partial charge in [-0.3, -0.25) is 9.59 Å². The van der Waals surface area contributed by atoms with Crippen LogP contribution in [0.15, 0.2) is 36.4 Å². The van der Waals surface area contributed by atoms with Crippen molar-refractivity contribution in [2.75, 3.05) is 50.2 Å². The Bertz CT molecular complexity index is 2830. The minimum absolute atomic E-state index is 0.100. The maximum Gasteiger partial charge on any atom is 0.407 e. The number of amides is 4. The summed E-state index contributed by atoms with van der Waals surface area (Å²) in [5, 5.41) is 5.32. The van der Waals surface area contributed by atoms with Crippen molar-refractivity contribution in [2.45, 2.75) is 147 Å². The average Bonchev–Trinajstić information content (AvgIpc) is 4.31. The lowest BCUT2D eigenvalue weighted by Gasteiger charge is -2.39. The number of nitrogens with zero attached hydrogens (tertiary/aromatic N) is 6. The van der Waals surface area contributed by atoms with E-state index < -0.39 is 71.7 Å². The zero-order valence-electron chi connectivity index (χ0n) is 44.9. The minimum atomic E-state index is -0.852. The van der Waals surface area contributed by atoms with Crippen molar-refractivity contribution < 1.29 is 46.2 Å². The molecule has 5 aliphatic rings. The van der Waals surface area contributed by atoms with Crippen molar-refractivity contribution in [1.82, 2.24) is 40.4 Å². The summed E-state index contributed by atoms with van der Waals surface area (Å²) in [5.41, 5.74) is 2.01. The monoisotopic (exact) mass is 1070 g/mol. The van der Waals surface area contributed by atoms with Crippen molar-refractivity contribution in [3.8, 4) is 0 Å². The molecule has 414 valence electrons. The molecular weight excluding hydrogens is 997 g/mol. The van der Waals surface area contributed by atoms with Gasteiger partial charge in [-0.05, 0) is 111 Å². The van der Waals surface area contributed by atoms with Gasteiger partial charge in [-0.15, -0.1) is 0 Å². The highest BCUT2D eigenvalue weighted by molar-refractivity contribution is 5.88. The molecule has 1 saturated carbocycles. The standard InChI is InChI=1S/C57H72F4N10O6/c1-30(2)49(66-56(74)76-5)54(72)69-20-10-14-47(69)52-62-41-26-35(37(58)28-43(41)64-52)45-16-17-46(71(45)34-24-39(60)51(40(61)25-34)68-22-18-33(19-23-68)32-12-8-7-9-13-32)36-27-42-44(29-38(36)59)65-53(63-42)48-15-11-21-70(48)55(73)50(31(3)4)67-57(75)77-6/h24-33,45-50H,7-23H2,1-6H3,(H,62,64)(H,63,65)(H,66,74)(H,67,75)/t45-,46-,47+,48+,49+,50+/m1/s1. The van der Waals surface area contributed by atoms with E-state index in [1.54, 1.807) is 31.7 Å². The van der Waals surface area contributed by atoms with Crippen LogP contribution in [0.5, 0.6) is 0 Å². The zero-order chi connectivity index (χ0) is 54.4. The van der Waals surface area contributed by atoms with E-state index >= 15 is 17.6 Å². The summed E-state index contributed by atoms with van der Waals surface area (Å²) in [6, 6.07) is 4.15. The van der Waals surface area contributed by atoms with Gasteiger partial charge in [0.2, 0.25) is 11.8 Å². The first-order chi connectivity index (χ1) is 37.0. The number of hydrogen-bond donors (Lipinski definition) is 4. The zero-order valence-corrected chi connectivity index (χ0v) is 44.9. The molecule has 0 unspecified atom stereocenters. The number of carbonyl (C=O) groups is 4. The Kier molecular flexibility index (Phi) is 15.6. The molecule has 4 aliphatic heterocycles. The Morgan fingerprint density at radius 2 is 0.987 bits per heavy atom. The topological polar surface area (TPSA) is 181 Å². The molecule has 20 heteroatoms. The van der Waals surface area contributed by atoms with Crippen molar-refractivity contribution in [3.63, 3.8) is 0 Å². The van der Waals surface area contributed by atoms with Gasteiger partial charge in [0.1, 0.15) is 41.1 Å².